The van der Waals surface area contributed by atoms with E-state index in [2.05, 4.69) is 5.32 Å². The summed E-state index contributed by atoms with van der Waals surface area (Å²) >= 11 is 0. The van der Waals surface area contributed by atoms with Gasteiger partial charge in [0.05, 0.1) is 18.3 Å². The maximum atomic E-state index is 12.6. The van der Waals surface area contributed by atoms with Crippen LogP contribution in [0, 0.1) is 0 Å². The highest BCUT2D eigenvalue weighted by Crippen LogP contribution is 2.29. The van der Waals surface area contributed by atoms with E-state index >= 15 is 0 Å². The lowest BCUT2D eigenvalue weighted by atomic mass is 9.91. The van der Waals surface area contributed by atoms with E-state index in [-0.39, 0.29) is 17.9 Å². The number of benzene rings is 1. The Morgan fingerprint density at radius 1 is 1.17 bits per heavy atom. The zero-order valence-electron chi connectivity index (χ0n) is 14.1. The van der Waals surface area contributed by atoms with Gasteiger partial charge in [0.25, 0.3) is 0 Å². The molecule has 1 amide bonds. The van der Waals surface area contributed by atoms with Crippen molar-refractivity contribution in [3.63, 3.8) is 0 Å². The van der Waals surface area contributed by atoms with E-state index in [4.69, 9.17) is 9.15 Å². The van der Waals surface area contributed by atoms with Gasteiger partial charge in [0, 0.05) is 19.6 Å². The number of hydrogen-bond donors (Lipinski definition) is 1. The molecule has 128 valence electrons. The average molecular weight is 327 g/mol. The van der Waals surface area contributed by atoms with Crippen LogP contribution in [0.5, 0.6) is 0 Å². The van der Waals surface area contributed by atoms with E-state index < -0.39 is 0 Å². The summed E-state index contributed by atoms with van der Waals surface area (Å²) in [4.78, 5) is 12.6. The summed E-state index contributed by atoms with van der Waals surface area (Å²) in [6.07, 6.45) is 6.42. The summed E-state index contributed by atoms with van der Waals surface area (Å²) in [6.45, 7) is 0. The highest BCUT2D eigenvalue weighted by atomic mass is 16.5. The van der Waals surface area contributed by atoms with Crippen molar-refractivity contribution in [2.75, 3.05) is 7.11 Å². The van der Waals surface area contributed by atoms with Crippen molar-refractivity contribution in [1.29, 1.82) is 0 Å². The lowest BCUT2D eigenvalue weighted by Crippen LogP contribution is -2.39. The van der Waals surface area contributed by atoms with E-state index in [1.54, 1.807) is 13.4 Å². The van der Waals surface area contributed by atoms with E-state index in [1.807, 2.05) is 42.5 Å². The fraction of sp³-hybridized carbons (Fsp3) is 0.450. The maximum absolute atomic E-state index is 12.6. The lowest BCUT2D eigenvalue weighted by Gasteiger charge is -2.28. The Balaban J connectivity index is 1.62. The first-order chi connectivity index (χ1) is 11.8. The molecule has 1 N–H and O–H groups in total. The van der Waals surface area contributed by atoms with Gasteiger partial charge in [0.1, 0.15) is 5.76 Å². The predicted octanol–water partition coefficient (Wildman–Crippen LogP) is 3.88. The zero-order chi connectivity index (χ0) is 16.8. The number of amides is 1. The number of hydrogen-bond acceptors (Lipinski definition) is 3. The van der Waals surface area contributed by atoms with Gasteiger partial charge in [-0.1, -0.05) is 30.3 Å². The van der Waals surface area contributed by atoms with Crippen LogP contribution in [0.15, 0.2) is 53.1 Å². The van der Waals surface area contributed by atoms with Crippen molar-refractivity contribution in [2.24, 2.45) is 0 Å². The van der Waals surface area contributed by atoms with Crippen LogP contribution < -0.4 is 5.32 Å². The van der Waals surface area contributed by atoms with Gasteiger partial charge >= 0.3 is 0 Å². The summed E-state index contributed by atoms with van der Waals surface area (Å²) < 4.78 is 11.0. The molecule has 0 unspecified atom stereocenters. The summed E-state index contributed by atoms with van der Waals surface area (Å²) in [7, 11) is 1.76. The van der Waals surface area contributed by atoms with Crippen LogP contribution in [0.2, 0.25) is 0 Å². The molecule has 1 aliphatic carbocycles. The first-order valence-electron chi connectivity index (χ1n) is 8.66. The fourth-order valence-corrected chi connectivity index (χ4v) is 3.47. The van der Waals surface area contributed by atoms with Gasteiger partial charge in [-0.15, -0.1) is 0 Å². The first kappa shape index (κ1) is 16.8. The molecule has 1 aliphatic rings. The molecule has 1 aromatic carbocycles. The van der Waals surface area contributed by atoms with Gasteiger partial charge in [-0.3, -0.25) is 4.79 Å². The molecule has 1 heterocycles. The standard InChI is InChI=1S/C20H25NO3/c1-23-17-11-9-16(10-12-17)21-20(22)14-18(19-8-5-13-24-19)15-6-3-2-4-7-15/h2-8,13,16-18H,9-12,14H2,1H3,(H,21,22)/t16?,17?,18-/m0/s1. The third kappa shape index (κ3) is 4.26. The molecule has 3 rings (SSSR count). The molecular weight excluding hydrogens is 302 g/mol. The Labute approximate surface area is 143 Å². The highest BCUT2D eigenvalue weighted by molar-refractivity contribution is 5.77. The fourth-order valence-electron chi connectivity index (χ4n) is 3.47. The number of rotatable bonds is 6. The molecule has 0 saturated heterocycles. The Hall–Kier alpha value is -2.07. The monoisotopic (exact) mass is 327 g/mol. The smallest absolute Gasteiger partial charge is 0.221 e. The molecule has 2 aromatic rings. The summed E-state index contributed by atoms with van der Waals surface area (Å²) in [5.74, 6) is 0.872. The minimum Gasteiger partial charge on any atom is -0.469 e. The lowest BCUT2D eigenvalue weighted by molar-refractivity contribution is -0.122. The molecule has 1 fully saturated rings. The second-order valence-electron chi connectivity index (χ2n) is 6.46. The van der Waals surface area contributed by atoms with Gasteiger partial charge in [-0.05, 0) is 43.4 Å². The van der Waals surface area contributed by atoms with Crippen LogP contribution in [0.1, 0.15) is 49.3 Å². The van der Waals surface area contributed by atoms with Gasteiger partial charge in [-0.2, -0.15) is 0 Å². The highest BCUT2D eigenvalue weighted by Gasteiger charge is 2.25. The van der Waals surface area contributed by atoms with E-state index in [9.17, 15) is 4.79 Å². The van der Waals surface area contributed by atoms with Crippen molar-refractivity contribution < 1.29 is 13.9 Å². The Morgan fingerprint density at radius 2 is 1.92 bits per heavy atom. The normalized spacial score (nSPS) is 22.0. The molecule has 1 saturated carbocycles. The molecule has 1 aromatic heterocycles. The van der Waals surface area contributed by atoms with Crippen LogP contribution in [0.4, 0.5) is 0 Å². The SMILES string of the molecule is COC1CCC(NC(=O)C[C@@H](c2ccccc2)c2ccco2)CC1. The van der Waals surface area contributed by atoms with Crippen molar-refractivity contribution in [2.45, 2.75) is 50.2 Å². The van der Waals surface area contributed by atoms with Crippen molar-refractivity contribution in [3.05, 3.63) is 60.1 Å². The van der Waals surface area contributed by atoms with Crippen LogP contribution in [0.25, 0.3) is 0 Å². The largest absolute Gasteiger partial charge is 0.469 e. The molecule has 24 heavy (non-hydrogen) atoms. The quantitative estimate of drug-likeness (QED) is 0.876. The number of carbonyl (C=O) groups is 1. The van der Waals surface area contributed by atoms with Crippen molar-refractivity contribution in [3.8, 4) is 0 Å². The second kappa shape index (κ2) is 8.15. The second-order valence-corrected chi connectivity index (χ2v) is 6.46. The minimum atomic E-state index is -0.0449. The molecule has 0 aliphatic heterocycles. The van der Waals surface area contributed by atoms with E-state index in [1.165, 1.54) is 0 Å². The van der Waals surface area contributed by atoms with Crippen LogP contribution in [-0.4, -0.2) is 25.2 Å². The zero-order valence-corrected chi connectivity index (χ0v) is 14.1. The van der Waals surface area contributed by atoms with Gasteiger partial charge in [-0.25, -0.2) is 0 Å². The summed E-state index contributed by atoms with van der Waals surface area (Å²) in [5, 5.41) is 3.19. The van der Waals surface area contributed by atoms with Crippen molar-refractivity contribution in [1.82, 2.24) is 5.32 Å². The number of carbonyl (C=O) groups excluding carboxylic acids is 1. The molecule has 0 radical (unpaired) electrons. The number of methoxy groups -OCH3 is 1. The topological polar surface area (TPSA) is 51.5 Å². The van der Waals surface area contributed by atoms with Gasteiger partial charge in [0.15, 0.2) is 0 Å². The van der Waals surface area contributed by atoms with Gasteiger partial charge < -0.3 is 14.5 Å². The summed E-state index contributed by atoms with van der Waals surface area (Å²) in [6, 6.07) is 14.1. The Kier molecular flexibility index (Phi) is 5.70. The molecular formula is C20H25NO3. The predicted molar refractivity (Wildman–Crippen MR) is 92.8 cm³/mol. The first-order valence-corrected chi connectivity index (χ1v) is 8.66. The molecule has 4 heteroatoms. The summed E-state index contributed by atoms with van der Waals surface area (Å²) in [5.41, 5.74) is 1.10. The van der Waals surface area contributed by atoms with Crippen molar-refractivity contribution >= 4 is 5.91 Å². The van der Waals surface area contributed by atoms with E-state index in [0.29, 0.717) is 12.5 Å². The molecule has 1 atom stereocenters. The average Bonchev–Trinajstić information content (AvgIpc) is 3.15. The minimum absolute atomic E-state index is 0.0449. The third-order valence-electron chi connectivity index (χ3n) is 4.85. The number of nitrogens with one attached hydrogen (secondary N) is 1. The van der Waals surface area contributed by atoms with Crippen LogP contribution in [-0.2, 0) is 9.53 Å². The molecule has 0 spiro atoms. The van der Waals surface area contributed by atoms with Crippen LogP contribution in [0.3, 0.4) is 0 Å². The van der Waals surface area contributed by atoms with E-state index in [0.717, 1.165) is 37.0 Å². The number of furan rings is 1. The molecule has 4 nitrogen and oxygen atoms in total. The van der Waals surface area contributed by atoms with Crippen LogP contribution >= 0.6 is 0 Å². The third-order valence-corrected chi connectivity index (χ3v) is 4.85. The Bertz CT molecular complexity index is 616. The number of ether oxygens (including phenoxy) is 1. The van der Waals surface area contributed by atoms with Gasteiger partial charge in [0.2, 0.25) is 5.91 Å². The maximum Gasteiger partial charge on any atom is 0.221 e. The Morgan fingerprint density at radius 3 is 2.54 bits per heavy atom. The molecule has 0 bridgehead atoms.